The molecule has 0 aliphatic carbocycles. The van der Waals surface area contributed by atoms with Crippen molar-refractivity contribution in [1.82, 2.24) is 8.80 Å². The van der Waals surface area contributed by atoms with E-state index in [1.54, 1.807) is 57.3 Å². The Balaban J connectivity index is 1.24. The first kappa shape index (κ1) is 19.0. The van der Waals surface area contributed by atoms with Crippen LogP contribution in [0.5, 0.6) is 0 Å². The van der Waals surface area contributed by atoms with Gasteiger partial charge in [-0.3, -0.25) is 8.80 Å². The molecule has 282 valence electrons. The summed E-state index contributed by atoms with van der Waals surface area (Å²) in [4.78, 5) is 0. The van der Waals surface area contributed by atoms with E-state index in [-0.39, 0.29) is 100 Å². The zero-order valence-electron chi connectivity index (χ0n) is 50.5. The number of hydrogen-bond acceptors (Lipinski definition) is 4. The Labute approximate surface area is 369 Å². The van der Waals surface area contributed by atoms with Crippen molar-refractivity contribution in [3.8, 4) is 44.5 Å². The van der Waals surface area contributed by atoms with Crippen molar-refractivity contribution in [2.24, 2.45) is 0 Å². The Morgan fingerprint density at radius 2 is 0.517 bits per heavy atom. The fraction of sp³-hybridized carbons (Fsp3) is 0. The predicted molar refractivity (Wildman–Crippen MR) is 242 cm³/mol. The molecule has 0 aliphatic heterocycles. The molecule has 0 aliphatic rings. The molecule has 0 N–H and O–H groups in total. The van der Waals surface area contributed by atoms with Crippen LogP contribution in [-0.4, -0.2) is 8.80 Å². The lowest BCUT2D eigenvalue weighted by Gasteiger charge is -2.19. The van der Waals surface area contributed by atoms with E-state index in [2.05, 4.69) is 0 Å². The van der Waals surface area contributed by atoms with E-state index < -0.39 is 121 Å². The summed E-state index contributed by atoms with van der Waals surface area (Å²) in [5, 5.41) is 0. The lowest BCUT2D eigenvalue weighted by atomic mass is 10.0. The maximum atomic E-state index is 8.84. The zero-order valence-corrected chi connectivity index (χ0v) is 30.5. The van der Waals surface area contributed by atoms with Crippen LogP contribution in [0.1, 0.15) is 27.4 Å². The minimum atomic E-state index is -0.595. The van der Waals surface area contributed by atoms with Gasteiger partial charge in [0.25, 0.3) is 0 Å². The van der Waals surface area contributed by atoms with E-state index in [1.165, 1.54) is 24.3 Å². The minimum absolute atomic E-state index is 0.0310. The first-order valence-corrected chi connectivity index (χ1v) is 18.4. The highest BCUT2D eigenvalue weighted by molar-refractivity contribution is 6.20. The second-order valence-corrected chi connectivity index (χ2v) is 13.8. The summed E-state index contributed by atoms with van der Waals surface area (Å²) >= 11 is 0. The molecule has 0 amide bonds. The molecule has 0 spiro atoms. The highest BCUT2D eigenvalue weighted by Gasteiger charge is 2.27. The van der Waals surface area contributed by atoms with Crippen molar-refractivity contribution >= 4 is 77.8 Å². The van der Waals surface area contributed by atoms with Crippen molar-refractivity contribution in [1.29, 1.82) is 0 Å². The van der Waals surface area contributed by atoms with Crippen LogP contribution in [0.25, 0.3) is 122 Å². The molecular formula is C54H32N2O4. The second kappa shape index (κ2) is 12.6. The lowest BCUT2D eigenvalue weighted by molar-refractivity contribution is 0.597. The first-order chi connectivity index (χ1) is 38.0. The number of aromatic nitrogens is 2. The number of rotatable bonds is 4. The largest absolute Gasteiger partial charge is 0.449 e. The smallest absolute Gasteiger partial charge is 0.200 e. The number of benzene rings is 9. The van der Waals surface area contributed by atoms with Gasteiger partial charge in [0.2, 0.25) is 0 Å². The molecular weight excluding hydrogens is 741 g/mol. The van der Waals surface area contributed by atoms with Crippen LogP contribution in [0.3, 0.4) is 0 Å². The summed E-state index contributed by atoms with van der Waals surface area (Å²) in [5.74, 6) is 0. The third-order valence-electron chi connectivity index (χ3n) is 10.5. The molecule has 60 heavy (non-hydrogen) atoms. The van der Waals surface area contributed by atoms with Gasteiger partial charge in [0.1, 0.15) is 11.0 Å². The quantitative estimate of drug-likeness (QED) is 0.132. The van der Waals surface area contributed by atoms with Crippen molar-refractivity contribution in [3.63, 3.8) is 0 Å². The Hall–Kier alpha value is -8.22. The highest BCUT2D eigenvalue weighted by atomic mass is 16.4. The number of nitrogens with zero attached hydrogens (tertiary/aromatic N) is 2. The van der Waals surface area contributed by atoms with Crippen LogP contribution in [0.15, 0.2) is 211 Å². The summed E-state index contributed by atoms with van der Waals surface area (Å²) in [5.41, 5.74) is 1.85. The summed E-state index contributed by atoms with van der Waals surface area (Å²) < 4.78 is 202. The molecule has 0 unspecified atom stereocenters. The molecule has 0 atom stereocenters. The highest BCUT2D eigenvalue weighted by Crippen LogP contribution is 2.44. The number of hydrogen-bond donors (Lipinski definition) is 0. The molecule has 13 rings (SSSR count). The molecule has 0 radical (unpaired) electrons. The van der Waals surface area contributed by atoms with Crippen molar-refractivity contribution in [2.45, 2.75) is 0 Å². The fourth-order valence-electron chi connectivity index (χ4n) is 7.92. The predicted octanol–water partition coefficient (Wildman–Crippen LogP) is 15.3. The molecule has 9 aromatic carbocycles. The van der Waals surface area contributed by atoms with Crippen molar-refractivity contribution < 1.29 is 45.1 Å². The van der Waals surface area contributed by atoms with E-state index >= 15 is 0 Å². The van der Waals surface area contributed by atoms with E-state index in [1.807, 2.05) is 0 Å². The SMILES string of the molecule is [2H]c1c([2H])c([2H])c(-c2ccc3c(c2)oc2c4oc5cc(-c6c([2H])c([2H])c([2H])c([2H])c6[2H])ccc5n5c6ccc(-c7c([2H])c([2H])c([2H])c([2H])c7[2H])cc6oc(c6oc7cc(-c8c([2H])c([2H])c([2H])c([2H])c8[2H])ccc7n3c26)c45)c([2H])c1[2H]. The van der Waals surface area contributed by atoms with Crippen LogP contribution in [-0.2, 0) is 0 Å². The van der Waals surface area contributed by atoms with Crippen LogP contribution in [0.2, 0.25) is 0 Å². The normalized spacial score (nSPS) is 16.7. The molecule has 6 heteroatoms. The van der Waals surface area contributed by atoms with Gasteiger partial charge in [0.05, 0.1) is 49.5 Å². The molecule has 0 bridgehead atoms. The maximum absolute atomic E-state index is 8.84. The van der Waals surface area contributed by atoms with Crippen LogP contribution in [0.4, 0.5) is 0 Å². The summed E-state index contributed by atoms with van der Waals surface area (Å²) in [7, 11) is 0. The summed E-state index contributed by atoms with van der Waals surface area (Å²) in [6.07, 6.45) is 0. The van der Waals surface area contributed by atoms with E-state index in [4.69, 9.17) is 45.1 Å². The molecule has 0 fully saturated rings. The van der Waals surface area contributed by atoms with Gasteiger partial charge in [-0.2, -0.15) is 0 Å². The first-order valence-electron chi connectivity index (χ1n) is 28.4. The minimum Gasteiger partial charge on any atom is -0.449 e. The third kappa shape index (κ3) is 4.88. The topological polar surface area (TPSA) is 61.4 Å². The monoisotopic (exact) mass is 792 g/mol. The van der Waals surface area contributed by atoms with Gasteiger partial charge in [-0.25, -0.2) is 0 Å². The van der Waals surface area contributed by atoms with Gasteiger partial charge >= 0.3 is 0 Å². The molecule has 6 nitrogen and oxygen atoms in total. The van der Waals surface area contributed by atoms with Crippen LogP contribution >= 0.6 is 0 Å². The Kier molecular flexibility index (Phi) is 4.01. The van der Waals surface area contributed by atoms with E-state index in [0.717, 1.165) is 0 Å². The van der Waals surface area contributed by atoms with E-state index in [9.17, 15) is 0 Å². The Bertz CT molecular complexity index is 4360. The Morgan fingerprint density at radius 3 is 0.750 bits per heavy atom. The van der Waals surface area contributed by atoms with Crippen LogP contribution in [0, 0.1) is 0 Å². The van der Waals surface area contributed by atoms with Gasteiger partial charge in [-0.1, -0.05) is 145 Å². The average molecular weight is 793 g/mol. The molecule has 0 saturated heterocycles. The molecule has 4 aromatic heterocycles. The van der Waals surface area contributed by atoms with Crippen molar-refractivity contribution in [2.75, 3.05) is 0 Å². The van der Waals surface area contributed by atoms with Crippen molar-refractivity contribution in [3.05, 3.63) is 194 Å². The summed E-state index contributed by atoms with van der Waals surface area (Å²) in [6.45, 7) is 0. The molecule has 0 saturated carbocycles. The fourth-order valence-corrected chi connectivity index (χ4v) is 7.92. The molecule has 4 heterocycles. The molecule has 13 aromatic rings. The van der Waals surface area contributed by atoms with Crippen LogP contribution < -0.4 is 0 Å². The van der Waals surface area contributed by atoms with Gasteiger partial charge < -0.3 is 17.7 Å². The van der Waals surface area contributed by atoms with E-state index in [0.29, 0.717) is 22.1 Å². The Morgan fingerprint density at radius 1 is 0.283 bits per heavy atom. The maximum Gasteiger partial charge on any atom is 0.200 e. The zero-order chi connectivity index (χ0) is 56.7. The van der Waals surface area contributed by atoms with Gasteiger partial charge in [-0.05, 0) is 93.0 Å². The van der Waals surface area contributed by atoms with Gasteiger partial charge in [0.15, 0.2) is 44.7 Å². The average Bonchev–Trinajstić information content (AvgIpc) is 3.46. The third-order valence-corrected chi connectivity index (χ3v) is 10.5. The van der Waals surface area contributed by atoms with Gasteiger partial charge in [-0.15, -0.1) is 0 Å². The lowest BCUT2D eigenvalue weighted by Crippen LogP contribution is -2.02. The number of fused-ring (bicyclic) bond motifs is 10. The second-order valence-electron chi connectivity index (χ2n) is 13.8. The summed E-state index contributed by atoms with van der Waals surface area (Å²) in [6, 6.07) is 7.74. The van der Waals surface area contributed by atoms with Gasteiger partial charge in [0, 0.05) is 0 Å². The standard InChI is InChI=1S/C54H32N2O4/c1-5-13-33(14-6-1)37-21-25-41-45(29-37)57-51-49-53(59-46-30-38(22-26-42(46)55(41)49)34-15-7-2-8-16-34)54-50-52(51)58-47-31-39(35-17-9-3-10-18-35)23-27-43(47)56(50)44-28-24-40(32-48(44)60-54)36-19-11-4-12-20-36/h1-32H/i1D,2D,3D,4D,5D,6D,7D,8D,9D,10D,11D,12D,13D,14D,15D,16D,17D,18D,19D,20D.